The maximum absolute atomic E-state index is 5.93. The van der Waals surface area contributed by atoms with E-state index >= 15 is 0 Å². The first-order chi connectivity index (χ1) is 10.1. The van der Waals surface area contributed by atoms with Crippen LogP contribution in [-0.2, 0) is 0 Å². The van der Waals surface area contributed by atoms with Crippen molar-refractivity contribution >= 4 is 11.3 Å². The Kier molecular flexibility index (Phi) is 3.29. The molecule has 0 amide bonds. The maximum atomic E-state index is 5.93. The minimum absolute atomic E-state index is 0.672. The van der Waals surface area contributed by atoms with Crippen LogP contribution in [0, 0.1) is 13.8 Å². The first-order valence-corrected chi connectivity index (χ1v) is 7.08. The van der Waals surface area contributed by atoms with Gasteiger partial charge in [-0.2, -0.15) is 0 Å². The summed E-state index contributed by atoms with van der Waals surface area (Å²) in [6.45, 7) is 6.74. The monoisotopic (exact) mass is 281 g/mol. The van der Waals surface area contributed by atoms with Crippen molar-refractivity contribution in [3.63, 3.8) is 0 Å². The minimum Gasteiger partial charge on any atom is -0.494 e. The lowest BCUT2D eigenvalue weighted by Gasteiger charge is -2.04. The number of aromatic nitrogens is 2. The van der Waals surface area contributed by atoms with E-state index in [0.29, 0.717) is 6.61 Å². The molecular weight excluding hydrogens is 262 g/mol. The van der Waals surface area contributed by atoms with E-state index in [9.17, 15) is 0 Å². The Hall–Kier alpha value is -2.49. The fourth-order valence-corrected chi connectivity index (χ4v) is 2.60. The normalized spacial score (nSPS) is 11.0. The molecule has 0 bridgehead atoms. The van der Waals surface area contributed by atoms with Gasteiger partial charge in [-0.25, -0.2) is 4.98 Å². The van der Waals surface area contributed by atoms with Gasteiger partial charge in [0.15, 0.2) is 0 Å². The first-order valence-electron chi connectivity index (χ1n) is 7.08. The predicted molar refractivity (Wildman–Crippen MR) is 85.7 cm³/mol. The fraction of sp³-hybridized carbons (Fsp3) is 0.235. The third-order valence-corrected chi connectivity index (χ3v) is 3.60. The largest absolute Gasteiger partial charge is 0.494 e. The molecule has 4 heteroatoms. The lowest BCUT2D eigenvalue weighted by Crippen LogP contribution is -1.94. The fourth-order valence-electron chi connectivity index (χ4n) is 2.60. The quantitative estimate of drug-likeness (QED) is 0.798. The maximum Gasteiger partial charge on any atom is 0.140 e. The molecule has 2 heterocycles. The number of nitrogens with two attached hydrogens (primary N) is 1. The van der Waals surface area contributed by atoms with E-state index < -0.39 is 0 Å². The van der Waals surface area contributed by atoms with Gasteiger partial charge in [0.05, 0.1) is 12.3 Å². The smallest absolute Gasteiger partial charge is 0.140 e. The summed E-state index contributed by atoms with van der Waals surface area (Å²) in [6, 6.07) is 9.98. The number of hydrogen-bond acceptors (Lipinski definition) is 3. The number of hydrogen-bond donors (Lipinski definition) is 1. The Morgan fingerprint density at radius 2 is 1.90 bits per heavy atom. The van der Waals surface area contributed by atoms with Crippen LogP contribution in [-0.4, -0.2) is 16.0 Å². The zero-order valence-corrected chi connectivity index (χ0v) is 12.6. The summed E-state index contributed by atoms with van der Waals surface area (Å²) in [5.74, 6) is 0.878. The molecule has 0 fully saturated rings. The van der Waals surface area contributed by atoms with Gasteiger partial charge in [-0.1, -0.05) is 0 Å². The molecule has 0 aliphatic rings. The Balaban J connectivity index is 2.12. The highest BCUT2D eigenvalue weighted by Crippen LogP contribution is 2.27. The number of rotatable bonds is 3. The highest BCUT2D eigenvalue weighted by atomic mass is 16.5. The molecule has 3 aromatic rings. The Bertz CT molecular complexity index is 788. The summed E-state index contributed by atoms with van der Waals surface area (Å²) in [7, 11) is 0. The van der Waals surface area contributed by atoms with Gasteiger partial charge in [0, 0.05) is 23.1 Å². The summed E-state index contributed by atoms with van der Waals surface area (Å²) in [5.41, 5.74) is 11.9. The number of benzene rings is 1. The summed E-state index contributed by atoms with van der Waals surface area (Å²) in [6.07, 6.45) is 1.92. The molecule has 0 aliphatic heterocycles. The molecule has 2 N–H and O–H groups in total. The van der Waals surface area contributed by atoms with E-state index in [1.165, 1.54) is 0 Å². The lowest BCUT2D eigenvalue weighted by atomic mass is 10.1. The lowest BCUT2D eigenvalue weighted by molar-refractivity contribution is 0.340. The number of anilines is 1. The second-order valence-electron chi connectivity index (χ2n) is 5.15. The molecule has 2 aromatic heterocycles. The number of aryl methyl sites for hydroxylation is 2. The van der Waals surface area contributed by atoms with Gasteiger partial charge in [-0.15, -0.1) is 0 Å². The summed E-state index contributed by atoms with van der Waals surface area (Å²) in [5, 5.41) is 0. The van der Waals surface area contributed by atoms with Gasteiger partial charge in [0.25, 0.3) is 0 Å². The van der Waals surface area contributed by atoms with Crippen LogP contribution >= 0.6 is 0 Å². The average Bonchev–Trinajstić information content (AvgIpc) is 2.78. The van der Waals surface area contributed by atoms with Crippen LogP contribution in [0.4, 0.5) is 5.69 Å². The number of ether oxygens (including phenoxy) is 1. The van der Waals surface area contributed by atoms with E-state index in [0.717, 1.165) is 39.6 Å². The van der Waals surface area contributed by atoms with E-state index in [4.69, 9.17) is 15.5 Å². The molecule has 0 atom stereocenters. The number of nitrogens with zero attached hydrogens (tertiary/aromatic N) is 2. The zero-order valence-electron chi connectivity index (χ0n) is 12.6. The van der Waals surface area contributed by atoms with Gasteiger partial charge in [0.1, 0.15) is 11.4 Å². The number of pyridine rings is 1. The Morgan fingerprint density at radius 3 is 2.57 bits per heavy atom. The summed E-state index contributed by atoms with van der Waals surface area (Å²) < 4.78 is 7.53. The zero-order chi connectivity index (χ0) is 15.0. The molecule has 0 radical (unpaired) electrons. The van der Waals surface area contributed by atoms with Crippen molar-refractivity contribution in [1.82, 2.24) is 9.38 Å². The SMILES string of the molecule is CCOc1ccc(-c2nc3c(C)cc(N)cn3c2C)cc1. The third-order valence-electron chi connectivity index (χ3n) is 3.60. The molecular formula is C17H19N3O. The van der Waals surface area contributed by atoms with Crippen LogP contribution in [0.3, 0.4) is 0 Å². The number of nitrogen functional groups attached to an aromatic ring is 1. The Morgan fingerprint density at radius 1 is 1.19 bits per heavy atom. The molecule has 0 spiro atoms. The van der Waals surface area contributed by atoms with Crippen LogP contribution in [0.1, 0.15) is 18.2 Å². The van der Waals surface area contributed by atoms with Crippen LogP contribution < -0.4 is 10.5 Å². The van der Waals surface area contributed by atoms with Crippen molar-refractivity contribution in [2.75, 3.05) is 12.3 Å². The van der Waals surface area contributed by atoms with E-state index in [-0.39, 0.29) is 0 Å². The summed E-state index contributed by atoms with van der Waals surface area (Å²) >= 11 is 0. The van der Waals surface area contributed by atoms with Crippen molar-refractivity contribution in [1.29, 1.82) is 0 Å². The molecule has 4 nitrogen and oxygen atoms in total. The molecule has 3 rings (SSSR count). The van der Waals surface area contributed by atoms with Crippen molar-refractivity contribution in [3.8, 4) is 17.0 Å². The summed E-state index contributed by atoms with van der Waals surface area (Å²) in [4.78, 5) is 4.77. The van der Waals surface area contributed by atoms with Crippen LogP contribution in [0.25, 0.3) is 16.9 Å². The highest BCUT2D eigenvalue weighted by Gasteiger charge is 2.12. The molecule has 0 saturated carbocycles. The standard InChI is InChI=1S/C17H19N3O/c1-4-21-15-7-5-13(6-8-15)16-12(3)20-10-14(18)9-11(2)17(20)19-16/h5-10H,4,18H2,1-3H3. The van der Waals surface area contributed by atoms with E-state index in [1.807, 2.05) is 50.4 Å². The van der Waals surface area contributed by atoms with Crippen LogP contribution in [0.5, 0.6) is 5.75 Å². The van der Waals surface area contributed by atoms with Crippen molar-refractivity contribution in [2.45, 2.75) is 20.8 Å². The number of imidazole rings is 1. The third kappa shape index (κ3) is 2.33. The van der Waals surface area contributed by atoms with E-state index in [1.54, 1.807) is 0 Å². The highest BCUT2D eigenvalue weighted by molar-refractivity contribution is 5.69. The van der Waals surface area contributed by atoms with Gasteiger partial charge in [0.2, 0.25) is 0 Å². The van der Waals surface area contributed by atoms with Crippen molar-refractivity contribution < 1.29 is 4.74 Å². The van der Waals surface area contributed by atoms with E-state index in [2.05, 4.69) is 11.3 Å². The molecule has 0 aliphatic carbocycles. The van der Waals surface area contributed by atoms with Gasteiger partial charge in [-0.3, -0.25) is 0 Å². The first kappa shape index (κ1) is 13.5. The average molecular weight is 281 g/mol. The van der Waals surface area contributed by atoms with Crippen LogP contribution in [0.2, 0.25) is 0 Å². The molecule has 1 aromatic carbocycles. The van der Waals surface area contributed by atoms with Crippen molar-refractivity contribution in [2.24, 2.45) is 0 Å². The molecule has 21 heavy (non-hydrogen) atoms. The topological polar surface area (TPSA) is 52.5 Å². The predicted octanol–water partition coefficient (Wildman–Crippen LogP) is 3.60. The van der Waals surface area contributed by atoms with Crippen molar-refractivity contribution in [3.05, 3.63) is 47.8 Å². The second kappa shape index (κ2) is 5.13. The molecule has 0 unspecified atom stereocenters. The number of fused-ring (bicyclic) bond motifs is 1. The Labute approximate surface area is 124 Å². The van der Waals surface area contributed by atoms with Gasteiger partial charge in [-0.05, 0) is 56.7 Å². The minimum atomic E-state index is 0.672. The second-order valence-corrected chi connectivity index (χ2v) is 5.15. The van der Waals surface area contributed by atoms with Gasteiger partial charge >= 0.3 is 0 Å². The molecule has 0 saturated heterocycles. The van der Waals surface area contributed by atoms with Gasteiger partial charge < -0.3 is 14.9 Å². The van der Waals surface area contributed by atoms with Crippen LogP contribution in [0.15, 0.2) is 36.5 Å². The molecule has 108 valence electrons.